The van der Waals surface area contributed by atoms with E-state index in [0.717, 1.165) is 31.8 Å². The minimum Gasteiger partial charge on any atom is -0.351 e. The van der Waals surface area contributed by atoms with Gasteiger partial charge in [0.15, 0.2) is 0 Å². The molecular weight excluding hydrogens is 164 g/mol. The molecule has 1 aliphatic rings. The topological polar surface area (TPSA) is 46.3 Å². The van der Waals surface area contributed by atoms with Crippen LogP contribution in [-0.2, 0) is 0 Å². The summed E-state index contributed by atoms with van der Waals surface area (Å²) in [5, 5.41) is 0. The van der Waals surface area contributed by atoms with Crippen LogP contribution in [0, 0.1) is 5.92 Å². The van der Waals surface area contributed by atoms with Gasteiger partial charge in [-0.2, -0.15) is 0 Å². The Labute approximate surface area is 80.3 Å². The van der Waals surface area contributed by atoms with Gasteiger partial charge in [-0.1, -0.05) is 19.8 Å². The third-order valence-electron chi connectivity index (χ3n) is 2.86. The van der Waals surface area contributed by atoms with Crippen LogP contribution in [0.4, 0.5) is 4.79 Å². The monoisotopic (exact) mass is 184 g/mol. The molecule has 0 aromatic carbocycles. The molecule has 1 saturated heterocycles. The van der Waals surface area contributed by atoms with Crippen LogP contribution in [-0.4, -0.2) is 24.0 Å². The SMILES string of the molecule is CCCC1CCCN(C(N)=O)CC1. The minimum absolute atomic E-state index is 0.253. The van der Waals surface area contributed by atoms with Gasteiger partial charge in [-0.25, -0.2) is 4.79 Å². The largest absolute Gasteiger partial charge is 0.351 e. The highest BCUT2D eigenvalue weighted by atomic mass is 16.2. The number of primary amides is 1. The molecule has 0 aromatic heterocycles. The van der Waals surface area contributed by atoms with Crippen LogP contribution in [0.3, 0.4) is 0 Å². The number of hydrogen-bond acceptors (Lipinski definition) is 1. The van der Waals surface area contributed by atoms with Crippen molar-refractivity contribution in [2.45, 2.75) is 39.0 Å². The summed E-state index contributed by atoms with van der Waals surface area (Å²) in [6.45, 7) is 3.94. The number of carbonyl (C=O) groups excluding carboxylic acids is 1. The van der Waals surface area contributed by atoms with Crippen molar-refractivity contribution in [1.29, 1.82) is 0 Å². The van der Waals surface area contributed by atoms with E-state index in [1.54, 1.807) is 4.90 Å². The highest BCUT2D eigenvalue weighted by Gasteiger charge is 2.17. The maximum absolute atomic E-state index is 10.9. The van der Waals surface area contributed by atoms with Crippen molar-refractivity contribution in [1.82, 2.24) is 4.90 Å². The summed E-state index contributed by atoms with van der Waals surface area (Å²) in [5.41, 5.74) is 5.24. The lowest BCUT2D eigenvalue weighted by atomic mass is 9.96. The number of amides is 2. The second-order valence-corrected chi connectivity index (χ2v) is 3.91. The molecule has 0 aromatic rings. The van der Waals surface area contributed by atoms with Crippen molar-refractivity contribution in [3.63, 3.8) is 0 Å². The average Bonchev–Trinajstić information content (AvgIpc) is 2.30. The molecule has 1 atom stereocenters. The first-order valence-corrected chi connectivity index (χ1v) is 5.28. The number of nitrogens with two attached hydrogens (primary N) is 1. The first kappa shape index (κ1) is 10.4. The van der Waals surface area contributed by atoms with E-state index in [0.29, 0.717) is 0 Å². The molecule has 0 bridgehead atoms. The van der Waals surface area contributed by atoms with Gasteiger partial charge >= 0.3 is 6.03 Å². The Morgan fingerprint density at radius 1 is 1.46 bits per heavy atom. The molecule has 1 aliphatic heterocycles. The van der Waals surface area contributed by atoms with Gasteiger partial charge in [-0.3, -0.25) is 0 Å². The summed E-state index contributed by atoms with van der Waals surface area (Å²) in [6.07, 6.45) is 6.07. The Morgan fingerprint density at radius 3 is 2.85 bits per heavy atom. The summed E-state index contributed by atoms with van der Waals surface area (Å²) >= 11 is 0. The zero-order valence-electron chi connectivity index (χ0n) is 8.46. The van der Waals surface area contributed by atoms with Crippen LogP contribution in [0.25, 0.3) is 0 Å². The van der Waals surface area contributed by atoms with E-state index < -0.39 is 0 Å². The summed E-state index contributed by atoms with van der Waals surface area (Å²) in [4.78, 5) is 12.7. The van der Waals surface area contributed by atoms with E-state index in [1.807, 2.05) is 0 Å². The number of carbonyl (C=O) groups is 1. The first-order valence-electron chi connectivity index (χ1n) is 5.28. The second kappa shape index (κ2) is 5.10. The summed E-state index contributed by atoms with van der Waals surface area (Å²) in [7, 11) is 0. The predicted molar refractivity (Wildman–Crippen MR) is 53.4 cm³/mol. The van der Waals surface area contributed by atoms with Crippen LogP contribution in [0.15, 0.2) is 0 Å². The molecule has 1 heterocycles. The third kappa shape index (κ3) is 3.25. The Morgan fingerprint density at radius 2 is 2.23 bits per heavy atom. The summed E-state index contributed by atoms with van der Waals surface area (Å²) in [6, 6.07) is -0.253. The lowest BCUT2D eigenvalue weighted by molar-refractivity contribution is 0.209. The lowest BCUT2D eigenvalue weighted by Crippen LogP contribution is -2.36. The van der Waals surface area contributed by atoms with E-state index >= 15 is 0 Å². The van der Waals surface area contributed by atoms with Gasteiger partial charge in [-0.05, 0) is 25.2 Å². The van der Waals surface area contributed by atoms with Gasteiger partial charge in [0.25, 0.3) is 0 Å². The van der Waals surface area contributed by atoms with Crippen molar-refractivity contribution in [3.8, 4) is 0 Å². The van der Waals surface area contributed by atoms with Crippen LogP contribution >= 0.6 is 0 Å². The molecule has 3 heteroatoms. The van der Waals surface area contributed by atoms with Crippen LogP contribution in [0.5, 0.6) is 0 Å². The van der Waals surface area contributed by atoms with E-state index in [1.165, 1.54) is 19.3 Å². The van der Waals surface area contributed by atoms with Gasteiger partial charge in [0.1, 0.15) is 0 Å². The Hall–Kier alpha value is -0.730. The van der Waals surface area contributed by atoms with Crippen molar-refractivity contribution in [2.24, 2.45) is 11.7 Å². The minimum atomic E-state index is -0.253. The zero-order chi connectivity index (χ0) is 9.68. The van der Waals surface area contributed by atoms with E-state index in [4.69, 9.17) is 5.73 Å². The van der Waals surface area contributed by atoms with E-state index in [2.05, 4.69) is 6.92 Å². The summed E-state index contributed by atoms with van der Waals surface area (Å²) < 4.78 is 0. The maximum Gasteiger partial charge on any atom is 0.314 e. The van der Waals surface area contributed by atoms with Crippen LogP contribution in [0.1, 0.15) is 39.0 Å². The maximum atomic E-state index is 10.9. The predicted octanol–water partition coefficient (Wildman–Crippen LogP) is 1.97. The zero-order valence-corrected chi connectivity index (χ0v) is 8.46. The molecule has 0 spiro atoms. The second-order valence-electron chi connectivity index (χ2n) is 3.91. The van der Waals surface area contributed by atoms with Crippen LogP contribution < -0.4 is 5.73 Å². The molecule has 76 valence electrons. The molecule has 1 fully saturated rings. The molecule has 3 nitrogen and oxygen atoms in total. The van der Waals surface area contributed by atoms with Gasteiger partial charge in [0.05, 0.1) is 0 Å². The van der Waals surface area contributed by atoms with Crippen molar-refractivity contribution in [3.05, 3.63) is 0 Å². The summed E-state index contributed by atoms with van der Waals surface area (Å²) in [5.74, 6) is 0.814. The van der Waals surface area contributed by atoms with E-state index in [9.17, 15) is 4.79 Å². The fourth-order valence-corrected chi connectivity index (χ4v) is 2.08. The quantitative estimate of drug-likeness (QED) is 0.700. The molecule has 0 radical (unpaired) electrons. The number of urea groups is 1. The fraction of sp³-hybridized carbons (Fsp3) is 0.900. The van der Waals surface area contributed by atoms with Gasteiger partial charge < -0.3 is 10.6 Å². The Balaban J connectivity index is 2.35. The Bertz CT molecular complexity index is 170. The average molecular weight is 184 g/mol. The molecule has 2 N–H and O–H groups in total. The van der Waals surface area contributed by atoms with Gasteiger partial charge in [-0.15, -0.1) is 0 Å². The van der Waals surface area contributed by atoms with Crippen molar-refractivity contribution >= 4 is 6.03 Å². The molecule has 0 aliphatic carbocycles. The standard InChI is InChI=1S/C10H20N2O/c1-2-4-9-5-3-7-12(8-6-9)10(11)13/h9H,2-8H2,1H3,(H2,11,13). The molecule has 13 heavy (non-hydrogen) atoms. The third-order valence-corrected chi connectivity index (χ3v) is 2.86. The highest BCUT2D eigenvalue weighted by molar-refractivity contribution is 5.71. The molecule has 2 amide bonds. The normalized spacial score (nSPS) is 24.1. The first-order chi connectivity index (χ1) is 6.24. The smallest absolute Gasteiger partial charge is 0.314 e. The number of rotatable bonds is 2. The Kier molecular flexibility index (Phi) is 4.06. The molecule has 1 unspecified atom stereocenters. The highest BCUT2D eigenvalue weighted by Crippen LogP contribution is 2.21. The van der Waals surface area contributed by atoms with Gasteiger partial charge in [0.2, 0.25) is 0 Å². The van der Waals surface area contributed by atoms with Crippen molar-refractivity contribution < 1.29 is 4.79 Å². The molecular formula is C10H20N2O. The molecule has 0 saturated carbocycles. The number of likely N-dealkylation sites (tertiary alicyclic amines) is 1. The fourth-order valence-electron chi connectivity index (χ4n) is 2.08. The lowest BCUT2D eigenvalue weighted by Gasteiger charge is -2.17. The van der Waals surface area contributed by atoms with Crippen LogP contribution in [0.2, 0.25) is 0 Å². The van der Waals surface area contributed by atoms with E-state index in [-0.39, 0.29) is 6.03 Å². The number of nitrogens with zero attached hydrogens (tertiary/aromatic N) is 1. The van der Waals surface area contributed by atoms with Crippen molar-refractivity contribution in [2.75, 3.05) is 13.1 Å². The number of hydrogen-bond donors (Lipinski definition) is 1. The molecule has 1 rings (SSSR count). The van der Waals surface area contributed by atoms with Gasteiger partial charge in [0, 0.05) is 13.1 Å².